The first-order valence-electron chi connectivity index (χ1n) is 9.44. The zero-order chi connectivity index (χ0) is 17.8. The Hall–Kier alpha value is -1.24. The van der Waals surface area contributed by atoms with Crippen molar-refractivity contribution in [1.82, 2.24) is 14.9 Å². The summed E-state index contributed by atoms with van der Waals surface area (Å²) in [7, 11) is 0. The van der Waals surface area contributed by atoms with E-state index in [4.69, 9.17) is 4.74 Å². The molecular formula is C19H29N3O2S. The van der Waals surface area contributed by atoms with Crippen LogP contribution in [0.1, 0.15) is 50.5 Å². The maximum absolute atomic E-state index is 12.8. The highest BCUT2D eigenvalue weighted by atomic mass is 32.1. The minimum absolute atomic E-state index is 0.146. The summed E-state index contributed by atoms with van der Waals surface area (Å²) in [5, 5.41) is 4.47. The lowest BCUT2D eigenvalue weighted by atomic mass is 9.93. The third kappa shape index (κ3) is 4.30. The van der Waals surface area contributed by atoms with Crippen LogP contribution in [0.5, 0.6) is 0 Å². The van der Waals surface area contributed by atoms with Crippen LogP contribution in [0.2, 0.25) is 0 Å². The first-order valence-corrected chi connectivity index (χ1v) is 10.3. The number of thiophene rings is 1. The predicted molar refractivity (Wildman–Crippen MR) is 104 cm³/mol. The predicted octanol–water partition coefficient (Wildman–Crippen LogP) is 3.13. The van der Waals surface area contributed by atoms with Gasteiger partial charge in [0.1, 0.15) is 4.83 Å². The fourth-order valence-corrected chi connectivity index (χ4v) is 4.68. The number of hydrogen-bond donors (Lipinski definition) is 1. The van der Waals surface area contributed by atoms with Gasteiger partial charge in [-0.1, -0.05) is 13.3 Å². The molecule has 138 valence electrons. The van der Waals surface area contributed by atoms with Crippen molar-refractivity contribution in [3.8, 4) is 0 Å². The van der Waals surface area contributed by atoms with Crippen LogP contribution in [0, 0.1) is 0 Å². The van der Waals surface area contributed by atoms with Gasteiger partial charge < -0.3 is 10.1 Å². The number of aromatic nitrogens is 2. The van der Waals surface area contributed by atoms with E-state index in [1.54, 1.807) is 22.2 Å². The van der Waals surface area contributed by atoms with E-state index in [1.807, 2.05) is 0 Å². The Morgan fingerprint density at radius 1 is 1.48 bits per heavy atom. The molecule has 0 aliphatic heterocycles. The Kier molecular flexibility index (Phi) is 6.25. The van der Waals surface area contributed by atoms with Gasteiger partial charge in [0.05, 0.1) is 24.4 Å². The molecule has 0 fully saturated rings. The second-order valence-electron chi connectivity index (χ2n) is 7.09. The van der Waals surface area contributed by atoms with Crippen LogP contribution < -0.4 is 10.9 Å². The standard InChI is InChI=1S/C19H29N3O2S/c1-4-5-9-22-12-21-18-17(19(22)23)15-7-6-14(11-16(15)25-18)20-8-10-24-13(2)3/h12-14,20H,4-11H2,1-3H3. The monoisotopic (exact) mass is 363 g/mol. The summed E-state index contributed by atoms with van der Waals surface area (Å²) in [6.07, 6.45) is 7.14. The van der Waals surface area contributed by atoms with Crippen LogP contribution >= 0.6 is 11.3 Å². The number of aryl methyl sites for hydroxylation is 2. The van der Waals surface area contributed by atoms with Crippen molar-refractivity contribution < 1.29 is 4.74 Å². The van der Waals surface area contributed by atoms with E-state index in [0.717, 1.165) is 62.0 Å². The molecule has 0 radical (unpaired) electrons. The minimum Gasteiger partial charge on any atom is -0.377 e. The van der Waals surface area contributed by atoms with Crippen LogP contribution in [0.3, 0.4) is 0 Å². The summed E-state index contributed by atoms with van der Waals surface area (Å²) in [6, 6.07) is 0.471. The second-order valence-corrected chi connectivity index (χ2v) is 8.18. The minimum atomic E-state index is 0.146. The zero-order valence-electron chi connectivity index (χ0n) is 15.5. The molecule has 0 saturated heterocycles. The molecule has 3 rings (SSSR count). The molecule has 0 aromatic carbocycles. The van der Waals surface area contributed by atoms with Gasteiger partial charge in [-0.05, 0) is 45.1 Å². The number of ether oxygens (including phenoxy) is 1. The molecule has 1 atom stereocenters. The van der Waals surface area contributed by atoms with E-state index >= 15 is 0 Å². The molecule has 0 spiro atoms. The maximum Gasteiger partial charge on any atom is 0.262 e. The summed E-state index contributed by atoms with van der Waals surface area (Å²) in [6.45, 7) is 8.66. The van der Waals surface area contributed by atoms with Crippen LogP contribution in [-0.4, -0.2) is 34.8 Å². The first kappa shape index (κ1) is 18.5. The molecule has 0 bridgehead atoms. The van der Waals surface area contributed by atoms with Crippen LogP contribution in [0.25, 0.3) is 10.2 Å². The molecule has 1 N–H and O–H groups in total. The number of rotatable bonds is 8. The molecule has 1 aliphatic rings. The lowest BCUT2D eigenvalue weighted by Gasteiger charge is -2.23. The molecule has 0 saturated carbocycles. The number of unbranched alkanes of at least 4 members (excludes halogenated alkanes) is 1. The summed E-state index contributed by atoms with van der Waals surface area (Å²) in [5.41, 5.74) is 1.40. The molecule has 25 heavy (non-hydrogen) atoms. The van der Waals surface area contributed by atoms with E-state index in [0.29, 0.717) is 6.04 Å². The second kappa shape index (κ2) is 8.43. The first-order chi connectivity index (χ1) is 12.1. The van der Waals surface area contributed by atoms with Crippen molar-refractivity contribution >= 4 is 21.6 Å². The average molecular weight is 364 g/mol. The van der Waals surface area contributed by atoms with Crippen molar-refractivity contribution in [2.45, 2.75) is 71.6 Å². The van der Waals surface area contributed by atoms with Gasteiger partial charge in [0.15, 0.2) is 0 Å². The molecule has 0 amide bonds. The Morgan fingerprint density at radius 3 is 3.08 bits per heavy atom. The summed E-state index contributed by atoms with van der Waals surface area (Å²) in [4.78, 5) is 19.6. The Balaban J connectivity index is 1.72. The molecule has 1 aliphatic carbocycles. The lowest BCUT2D eigenvalue weighted by molar-refractivity contribution is 0.0791. The highest BCUT2D eigenvalue weighted by molar-refractivity contribution is 7.18. The van der Waals surface area contributed by atoms with Gasteiger partial charge in [-0.25, -0.2) is 4.98 Å². The molecular weight excluding hydrogens is 334 g/mol. The fraction of sp³-hybridized carbons (Fsp3) is 0.684. The largest absolute Gasteiger partial charge is 0.377 e. The van der Waals surface area contributed by atoms with E-state index in [9.17, 15) is 4.79 Å². The number of nitrogens with one attached hydrogen (secondary N) is 1. The van der Waals surface area contributed by atoms with E-state index < -0.39 is 0 Å². The van der Waals surface area contributed by atoms with Gasteiger partial charge in [-0.3, -0.25) is 9.36 Å². The van der Waals surface area contributed by atoms with Crippen LogP contribution in [-0.2, 0) is 24.1 Å². The van der Waals surface area contributed by atoms with Gasteiger partial charge in [0.25, 0.3) is 5.56 Å². The number of fused-ring (bicyclic) bond motifs is 3. The van der Waals surface area contributed by atoms with Crippen LogP contribution in [0.4, 0.5) is 0 Å². The SMILES string of the molecule is CCCCn1cnc2sc3c(c2c1=O)CCC(NCCOC(C)C)C3. The Bertz CT molecular complexity index is 766. The van der Waals surface area contributed by atoms with Crippen molar-refractivity contribution in [3.63, 3.8) is 0 Å². The number of nitrogens with zero attached hydrogens (tertiary/aromatic N) is 2. The maximum atomic E-state index is 12.8. The zero-order valence-corrected chi connectivity index (χ0v) is 16.3. The van der Waals surface area contributed by atoms with Gasteiger partial charge in [0, 0.05) is 24.0 Å². The molecule has 6 heteroatoms. The van der Waals surface area contributed by atoms with Crippen LogP contribution in [0.15, 0.2) is 11.1 Å². The Morgan fingerprint density at radius 2 is 2.32 bits per heavy atom. The summed E-state index contributed by atoms with van der Waals surface area (Å²) < 4.78 is 7.38. The van der Waals surface area contributed by atoms with Gasteiger partial charge in [-0.2, -0.15) is 0 Å². The summed E-state index contributed by atoms with van der Waals surface area (Å²) in [5.74, 6) is 0. The molecule has 2 heterocycles. The highest BCUT2D eigenvalue weighted by Crippen LogP contribution is 2.33. The molecule has 2 aromatic rings. The van der Waals surface area contributed by atoms with E-state index in [2.05, 4.69) is 31.1 Å². The Labute approximate surface area is 153 Å². The van der Waals surface area contributed by atoms with E-state index in [1.165, 1.54) is 10.4 Å². The topological polar surface area (TPSA) is 56.2 Å². The van der Waals surface area contributed by atoms with Crippen molar-refractivity contribution in [2.24, 2.45) is 0 Å². The van der Waals surface area contributed by atoms with Gasteiger partial charge >= 0.3 is 0 Å². The summed E-state index contributed by atoms with van der Waals surface area (Å²) >= 11 is 1.70. The van der Waals surface area contributed by atoms with Crippen molar-refractivity contribution in [2.75, 3.05) is 13.2 Å². The van der Waals surface area contributed by atoms with Crippen molar-refractivity contribution in [1.29, 1.82) is 0 Å². The molecule has 5 nitrogen and oxygen atoms in total. The van der Waals surface area contributed by atoms with Gasteiger partial charge in [-0.15, -0.1) is 11.3 Å². The third-order valence-corrected chi connectivity index (χ3v) is 5.94. The quantitative estimate of drug-likeness (QED) is 0.732. The highest BCUT2D eigenvalue weighted by Gasteiger charge is 2.24. The number of hydrogen-bond acceptors (Lipinski definition) is 5. The fourth-order valence-electron chi connectivity index (χ4n) is 3.42. The molecule has 1 unspecified atom stereocenters. The third-order valence-electron chi connectivity index (χ3n) is 4.77. The normalized spacial score (nSPS) is 17.4. The lowest BCUT2D eigenvalue weighted by Crippen LogP contribution is -2.36. The van der Waals surface area contributed by atoms with Crippen molar-refractivity contribution in [3.05, 3.63) is 27.1 Å². The average Bonchev–Trinajstić information content (AvgIpc) is 2.96. The smallest absolute Gasteiger partial charge is 0.262 e. The van der Waals surface area contributed by atoms with Gasteiger partial charge in [0.2, 0.25) is 0 Å². The van der Waals surface area contributed by atoms with E-state index in [-0.39, 0.29) is 11.7 Å². The molecule has 2 aromatic heterocycles.